The van der Waals surface area contributed by atoms with E-state index in [0.717, 1.165) is 22.2 Å². The lowest BCUT2D eigenvalue weighted by Gasteiger charge is -1.98. The summed E-state index contributed by atoms with van der Waals surface area (Å²) in [6.45, 7) is 0. The van der Waals surface area contributed by atoms with E-state index in [0.29, 0.717) is 11.9 Å². The predicted octanol–water partition coefficient (Wildman–Crippen LogP) is 3.96. The van der Waals surface area contributed by atoms with Gasteiger partial charge in [-0.1, -0.05) is 41.5 Å². The fraction of sp³-hybridized carbons (Fsp3) is 0. The van der Waals surface area contributed by atoms with E-state index in [4.69, 9.17) is 4.42 Å². The molecule has 2 heterocycles. The first kappa shape index (κ1) is 11.7. The lowest BCUT2D eigenvalue weighted by molar-refractivity contribution is 0.588. The first-order chi connectivity index (χ1) is 10.4. The highest BCUT2D eigenvalue weighted by Gasteiger charge is 2.12. The van der Waals surface area contributed by atoms with Crippen molar-refractivity contribution >= 4 is 22.6 Å². The van der Waals surface area contributed by atoms with E-state index >= 15 is 0 Å². The minimum Gasteiger partial charge on any atom is -0.403 e. The van der Waals surface area contributed by atoms with Gasteiger partial charge in [0.2, 0.25) is 0 Å². The van der Waals surface area contributed by atoms with Crippen LogP contribution < -0.4 is 5.32 Å². The second-order valence-electron chi connectivity index (χ2n) is 4.65. The molecular weight excluding hydrogens is 264 g/mol. The monoisotopic (exact) mass is 276 g/mol. The van der Waals surface area contributed by atoms with Crippen molar-refractivity contribution in [2.75, 3.05) is 5.32 Å². The first-order valence-corrected chi connectivity index (χ1v) is 6.62. The molecule has 0 saturated heterocycles. The van der Waals surface area contributed by atoms with Crippen LogP contribution in [0.1, 0.15) is 0 Å². The Morgan fingerprint density at radius 1 is 0.905 bits per heavy atom. The zero-order valence-corrected chi connectivity index (χ0v) is 11.1. The summed E-state index contributed by atoms with van der Waals surface area (Å²) in [6.07, 6.45) is 1.88. The van der Waals surface area contributed by atoms with Crippen molar-refractivity contribution < 1.29 is 4.42 Å². The van der Waals surface area contributed by atoms with Crippen LogP contribution in [0.2, 0.25) is 0 Å². The third kappa shape index (κ3) is 2.14. The molecule has 0 spiro atoms. The molecular formula is C16H12N4O. The molecule has 21 heavy (non-hydrogen) atoms. The lowest BCUT2D eigenvalue weighted by atomic mass is 10.2. The maximum atomic E-state index is 5.69. The number of rotatable bonds is 3. The van der Waals surface area contributed by atoms with Crippen molar-refractivity contribution in [3.8, 4) is 11.5 Å². The summed E-state index contributed by atoms with van der Waals surface area (Å²) in [7, 11) is 0. The molecule has 0 aliphatic heterocycles. The Kier molecular flexibility index (Phi) is 2.67. The minimum absolute atomic E-state index is 0.376. The van der Waals surface area contributed by atoms with Crippen molar-refractivity contribution in [3.05, 3.63) is 60.8 Å². The summed E-state index contributed by atoms with van der Waals surface area (Å²) in [5, 5.41) is 12.3. The number of anilines is 2. The minimum atomic E-state index is 0.376. The molecule has 2 aromatic carbocycles. The number of hydrogen-bond donors (Lipinski definition) is 2. The largest absolute Gasteiger partial charge is 0.403 e. The number of aromatic amines is 1. The topological polar surface area (TPSA) is 66.7 Å². The Bertz CT molecular complexity index is 879. The van der Waals surface area contributed by atoms with E-state index in [9.17, 15) is 0 Å². The summed E-state index contributed by atoms with van der Waals surface area (Å²) in [6, 6.07) is 18.1. The zero-order valence-electron chi connectivity index (χ0n) is 11.1. The highest BCUT2D eigenvalue weighted by Crippen LogP contribution is 2.28. The molecule has 2 N–H and O–H groups in total. The van der Waals surface area contributed by atoms with E-state index in [1.165, 1.54) is 0 Å². The Morgan fingerprint density at radius 3 is 2.62 bits per heavy atom. The molecule has 0 amide bonds. The van der Waals surface area contributed by atoms with E-state index in [1.807, 2.05) is 60.8 Å². The molecule has 5 heteroatoms. The molecule has 0 aliphatic carbocycles. The third-order valence-corrected chi connectivity index (χ3v) is 3.27. The van der Waals surface area contributed by atoms with Crippen LogP contribution >= 0.6 is 0 Å². The van der Waals surface area contributed by atoms with Crippen LogP contribution in [0, 0.1) is 0 Å². The average Bonchev–Trinajstić information content (AvgIpc) is 3.14. The normalized spacial score (nSPS) is 10.9. The molecule has 4 aromatic rings. The van der Waals surface area contributed by atoms with Crippen LogP contribution in [0.5, 0.6) is 0 Å². The van der Waals surface area contributed by atoms with Crippen LogP contribution in [-0.2, 0) is 0 Å². The number of fused-ring (bicyclic) bond motifs is 1. The molecule has 0 radical (unpaired) electrons. The fourth-order valence-corrected chi connectivity index (χ4v) is 2.28. The van der Waals surface area contributed by atoms with E-state index in [1.54, 1.807) is 0 Å². The highest BCUT2D eigenvalue weighted by molar-refractivity contribution is 5.93. The molecule has 2 aromatic heterocycles. The average molecular weight is 276 g/mol. The van der Waals surface area contributed by atoms with Gasteiger partial charge in [0.25, 0.3) is 5.89 Å². The summed E-state index contributed by atoms with van der Waals surface area (Å²) >= 11 is 0. The third-order valence-electron chi connectivity index (χ3n) is 3.27. The van der Waals surface area contributed by atoms with Crippen molar-refractivity contribution in [2.45, 2.75) is 0 Å². The fourth-order valence-electron chi connectivity index (χ4n) is 2.28. The van der Waals surface area contributed by atoms with Gasteiger partial charge < -0.3 is 14.7 Å². The van der Waals surface area contributed by atoms with Gasteiger partial charge in [0.15, 0.2) is 0 Å². The summed E-state index contributed by atoms with van der Waals surface area (Å²) in [4.78, 5) is 3.20. The van der Waals surface area contributed by atoms with Crippen molar-refractivity contribution in [2.24, 2.45) is 0 Å². The number of hydrogen-bond acceptors (Lipinski definition) is 4. The standard InChI is InChI=1S/C16H12N4O/c1-2-6-11(7-3-1)18-16-20-19-15(21-16)13-10-17-14-9-5-4-8-12(13)14/h1-10,17H,(H,18,20). The van der Waals surface area contributed by atoms with E-state index < -0.39 is 0 Å². The maximum Gasteiger partial charge on any atom is 0.320 e. The van der Waals surface area contributed by atoms with E-state index in [2.05, 4.69) is 20.5 Å². The van der Waals surface area contributed by atoms with Crippen LogP contribution in [0.4, 0.5) is 11.7 Å². The number of para-hydroxylation sites is 2. The Labute approximate surface area is 120 Å². The maximum absolute atomic E-state index is 5.69. The summed E-state index contributed by atoms with van der Waals surface area (Å²) in [5.74, 6) is 0.492. The highest BCUT2D eigenvalue weighted by atomic mass is 16.4. The Balaban J connectivity index is 1.68. The SMILES string of the molecule is c1ccc(Nc2nnc(-c3c[nH]c4ccccc34)o2)cc1. The zero-order chi connectivity index (χ0) is 14.1. The molecule has 0 bridgehead atoms. The second kappa shape index (κ2) is 4.79. The van der Waals surface area contributed by atoms with Gasteiger partial charge in [-0.3, -0.25) is 0 Å². The van der Waals surface area contributed by atoms with Gasteiger partial charge in [-0.05, 0) is 18.2 Å². The summed E-state index contributed by atoms with van der Waals surface area (Å²) in [5.41, 5.74) is 2.86. The number of nitrogens with zero attached hydrogens (tertiary/aromatic N) is 2. The van der Waals surface area contributed by atoms with Crippen molar-refractivity contribution in [1.29, 1.82) is 0 Å². The number of aromatic nitrogens is 3. The number of nitrogens with one attached hydrogen (secondary N) is 2. The van der Waals surface area contributed by atoms with Gasteiger partial charge in [0, 0.05) is 22.8 Å². The van der Waals surface area contributed by atoms with Gasteiger partial charge in [-0.25, -0.2) is 0 Å². The van der Waals surface area contributed by atoms with Crippen molar-refractivity contribution in [1.82, 2.24) is 15.2 Å². The second-order valence-corrected chi connectivity index (χ2v) is 4.65. The Morgan fingerprint density at radius 2 is 1.71 bits per heavy atom. The molecule has 5 nitrogen and oxygen atoms in total. The smallest absolute Gasteiger partial charge is 0.320 e. The quantitative estimate of drug-likeness (QED) is 0.594. The predicted molar refractivity (Wildman–Crippen MR) is 81.3 cm³/mol. The molecule has 0 atom stereocenters. The van der Waals surface area contributed by atoms with Crippen LogP contribution in [0.15, 0.2) is 65.2 Å². The molecule has 4 rings (SSSR count). The summed E-state index contributed by atoms with van der Waals surface area (Å²) < 4.78 is 5.69. The van der Waals surface area contributed by atoms with Gasteiger partial charge in [-0.2, -0.15) is 0 Å². The number of benzene rings is 2. The van der Waals surface area contributed by atoms with Crippen LogP contribution in [-0.4, -0.2) is 15.2 Å². The van der Waals surface area contributed by atoms with Crippen molar-refractivity contribution in [3.63, 3.8) is 0 Å². The van der Waals surface area contributed by atoms with E-state index in [-0.39, 0.29) is 0 Å². The molecule has 0 fully saturated rings. The van der Waals surface area contributed by atoms with Gasteiger partial charge in [0.1, 0.15) is 0 Å². The molecule has 0 unspecified atom stereocenters. The molecule has 0 saturated carbocycles. The van der Waals surface area contributed by atoms with Gasteiger partial charge in [-0.15, -0.1) is 5.10 Å². The Hall–Kier alpha value is -3.08. The van der Waals surface area contributed by atoms with Crippen LogP contribution in [0.25, 0.3) is 22.4 Å². The van der Waals surface area contributed by atoms with Gasteiger partial charge >= 0.3 is 6.01 Å². The molecule has 102 valence electrons. The van der Waals surface area contributed by atoms with Crippen LogP contribution in [0.3, 0.4) is 0 Å². The lowest BCUT2D eigenvalue weighted by Crippen LogP contribution is -1.88. The number of H-pyrrole nitrogens is 1. The first-order valence-electron chi connectivity index (χ1n) is 6.62. The van der Waals surface area contributed by atoms with Gasteiger partial charge in [0.05, 0.1) is 5.56 Å². The molecule has 0 aliphatic rings.